The average Bonchev–Trinajstić information content (AvgIpc) is 2.78. The minimum atomic E-state index is -0.108. The number of aryl methyl sites for hydroxylation is 1. The van der Waals surface area contributed by atoms with Gasteiger partial charge < -0.3 is 24.4 Å². The number of carbonyl (C=O) groups excluding carboxylic acids is 1. The fourth-order valence-corrected chi connectivity index (χ4v) is 3.76. The van der Waals surface area contributed by atoms with Gasteiger partial charge in [-0.2, -0.15) is 0 Å². The maximum atomic E-state index is 12.7. The first kappa shape index (κ1) is 20.4. The number of nitrogens with one attached hydrogen (secondary N) is 2. The van der Waals surface area contributed by atoms with E-state index in [9.17, 15) is 4.79 Å². The average molecular weight is 410 g/mol. The van der Waals surface area contributed by atoms with Gasteiger partial charge in [0, 0.05) is 6.08 Å². The van der Waals surface area contributed by atoms with Crippen molar-refractivity contribution >= 4 is 12.0 Å². The Kier molecular flexibility index (Phi) is 6.67. The van der Waals surface area contributed by atoms with E-state index in [4.69, 9.17) is 14.2 Å². The first-order valence-electron chi connectivity index (χ1n) is 10.5. The third-order valence-electron chi connectivity index (χ3n) is 5.48. The van der Waals surface area contributed by atoms with E-state index < -0.39 is 0 Å². The number of quaternary nitrogens is 1. The molecule has 6 nitrogen and oxygen atoms in total. The van der Waals surface area contributed by atoms with E-state index in [2.05, 4.69) is 36.5 Å². The molecule has 2 aromatic rings. The number of amides is 1. The lowest BCUT2D eigenvalue weighted by molar-refractivity contribution is -0.909. The quantitative estimate of drug-likeness (QED) is 0.711. The van der Waals surface area contributed by atoms with Crippen molar-refractivity contribution in [2.45, 2.75) is 13.0 Å². The van der Waals surface area contributed by atoms with Crippen molar-refractivity contribution < 1.29 is 23.9 Å². The highest BCUT2D eigenvalue weighted by Crippen LogP contribution is 2.31. The molecule has 2 aliphatic rings. The first-order valence-corrected chi connectivity index (χ1v) is 10.5. The fourth-order valence-electron chi connectivity index (χ4n) is 3.76. The van der Waals surface area contributed by atoms with Gasteiger partial charge in [-0.05, 0) is 36.3 Å². The molecular weight excluding hydrogens is 380 g/mol. The van der Waals surface area contributed by atoms with Crippen molar-refractivity contribution in [3.63, 3.8) is 0 Å². The van der Waals surface area contributed by atoms with E-state index in [1.807, 2.05) is 18.2 Å². The van der Waals surface area contributed by atoms with Crippen molar-refractivity contribution in [1.82, 2.24) is 5.32 Å². The molecule has 6 heteroatoms. The Hall–Kier alpha value is -2.83. The second-order valence-corrected chi connectivity index (χ2v) is 7.77. The molecule has 158 valence electrons. The molecule has 2 heterocycles. The molecule has 4 rings (SSSR count). The first-order chi connectivity index (χ1) is 14.7. The molecule has 0 spiro atoms. The molecule has 0 saturated carbocycles. The fraction of sp³-hybridized carbons (Fsp3) is 0.375. The van der Waals surface area contributed by atoms with E-state index in [1.54, 1.807) is 12.2 Å². The van der Waals surface area contributed by atoms with Crippen LogP contribution in [0, 0.1) is 6.92 Å². The van der Waals surface area contributed by atoms with Crippen LogP contribution >= 0.6 is 0 Å². The molecule has 2 aromatic carbocycles. The zero-order chi connectivity index (χ0) is 20.8. The van der Waals surface area contributed by atoms with Crippen LogP contribution in [0.2, 0.25) is 0 Å². The molecular formula is C24H29N2O4+. The maximum absolute atomic E-state index is 12.7. The lowest BCUT2D eigenvalue weighted by atomic mass is 10.0. The lowest BCUT2D eigenvalue weighted by Crippen LogP contribution is -3.14. The molecule has 0 unspecified atom stereocenters. The van der Waals surface area contributed by atoms with Crippen LogP contribution in [-0.4, -0.2) is 52.0 Å². The van der Waals surface area contributed by atoms with E-state index >= 15 is 0 Å². The summed E-state index contributed by atoms with van der Waals surface area (Å²) in [4.78, 5) is 14.2. The number of hydrogen-bond acceptors (Lipinski definition) is 4. The van der Waals surface area contributed by atoms with Crippen molar-refractivity contribution in [2.75, 3.05) is 46.1 Å². The van der Waals surface area contributed by atoms with Crippen LogP contribution in [0.3, 0.4) is 0 Å². The highest BCUT2D eigenvalue weighted by atomic mass is 16.6. The van der Waals surface area contributed by atoms with Gasteiger partial charge in [-0.1, -0.05) is 35.9 Å². The second kappa shape index (κ2) is 9.78. The predicted molar refractivity (Wildman–Crippen MR) is 115 cm³/mol. The van der Waals surface area contributed by atoms with Crippen molar-refractivity contribution in [3.8, 4) is 11.5 Å². The summed E-state index contributed by atoms with van der Waals surface area (Å²) in [5, 5.41) is 3.19. The summed E-state index contributed by atoms with van der Waals surface area (Å²) in [5.41, 5.74) is 3.24. The third kappa shape index (κ3) is 5.40. The molecule has 1 amide bonds. The minimum Gasteiger partial charge on any atom is -0.486 e. The number of fused-ring (bicyclic) bond motifs is 1. The largest absolute Gasteiger partial charge is 0.486 e. The summed E-state index contributed by atoms with van der Waals surface area (Å²) in [5.74, 6) is 1.36. The maximum Gasteiger partial charge on any atom is 0.244 e. The van der Waals surface area contributed by atoms with Gasteiger partial charge in [-0.3, -0.25) is 4.79 Å². The Bertz CT molecular complexity index is 889. The Morgan fingerprint density at radius 2 is 1.77 bits per heavy atom. The summed E-state index contributed by atoms with van der Waals surface area (Å²) in [6, 6.07) is 14.0. The van der Waals surface area contributed by atoms with Crippen LogP contribution in [-0.2, 0) is 9.53 Å². The smallest absolute Gasteiger partial charge is 0.244 e. The molecule has 2 aliphatic heterocycles. The van der Waals surface area contributed by atoms with E-state index in [1.165, 1.54) is 10.5 Å². The zero-order valence-corrected chi connectivity index (χ0v) is 17.4. The Balaban J connectivity index is 1.44. The molecule has 1 atom stereocenters. The molecule has 0 bridgehead atoms. The van der Waals surface area contributed by atoms with Gasteiger partial charge in [0.25, 0.3) is 0 Å². The summed E-state index contributed by atoms with van der Waals surface area (Å²) in [6.45, 7) is 7.49. The molecule has 0 aromatic heterocycles. The predicted octanol–water partition coefficient (Wildman–Crippen LogP) is 1.55. The van der Waals surface area contributed by atoms with E-state index in [0.29, 0.717) is 13.2 Å². The van der Waals surface area contributed by atoms with Gasteiger partial charge >= 0.3 is 0 Å². The van der Waals surface area contributed by atoms with Gasteiger partial charge in [0.05, 0.1) is 13.2 Å². The van der Waals surface area contributed by atoms with Crippen LogP contribution in [0.1, 0.15) is 22.7 Å². The molecule has 1 fully saturated rings. The van der Waals surface area contributed by atoms with Gasteiger partial charge in [-0.15, -0.1) is 0 Å². The van der Waals surface area contributed by atoms with Gasteiger partial charge in [0.15, 0.2) is 11.5 Å². The summed E-state index contributed by atoms with van der Waals surface area (Å²) in [7, 11) is 0. The molecule has 0 aliphatic carbocycles. The monoisotopic (exact) mass is 409 g/mol. The highest BCUT2D eigenvalue weighted by Gasteiger charge is 2.22. The summed E-state index contributed by atoms with van der Waals surface area (Å²) in [6.07, 6.45) is 3.39. The number of rotatable bonds is 6. The van der Waals surface area contributed by atoms with Crippen molar-refractivity contribution in [3.05, 3.63) is 65.2 Å². The number of benzene rings is 2. The Morgan fingerprint density at radius 1 is 1.03 bits per heavy atom. The topological polar surface area (TPSA) is 61.2 Å². The Labute approximate surface area is 177 Å². The van der Waals surface area contributed by atoms with Crippen molar-refractivity contribution in [2.24, 2.45) is 0 Å². The molecule has 30 heavy (non-hydrogen) atoms. The molecule has 0 radical (unpaired) electrons. The summed E-state index contributed by atoms with van der Waals surface area (Å²) >= 11 is 0. The lowest BCUT2D eigenvalue weighted by Gasteiger charge is -2.28. The van der Waals surface area contributed by atoms with E-state index in [0.717, 1.165) is 55.5 Å². The number of carbonyl (C=O) groups is 1. The number of hydrogen-bond donors (Lipinski definition) is 2. The molecule has 2 N–H and O–H groups in total. The number of ether oxygens (including phenoxy) is 3. The standard InChI is InChI=1S/C24H28N2O4/c1-18-2-6-20(7-3-18)21(17-26-10-12-28-13-11-26)25-24(27)9-5-19-4-8-22-23(16-19)30-15-14-29-22/h2-9,16,21H,10-15,17H2,1H3,(H,25,27)/p+1/b9-5+/t21-/m1/s1. The SMILES string of the molecule is Cc1ccc([C@@H](C[NH+]2CCOCC2)NC(=O)/C=C/c2ccc3c(c2)OCCO3)cc1. The van der Waals surface area contributed by atoms with Gasteiger partial charge in [0.1, 0.15) is 38.9 Å². The van der Waals surface area contributed by atoms with E-state index in [-0.39, 0.29) is 11.9 Å². The van der Waals surface area contributed by atoms with Gasteiger partial charge in [-0.25, -0.2) is 0 Å². The van der Waals surface area contributed by atoms with Crippen LogP contribution < -0.4 is 19.7 Å². The Morgan fingerprint density at radius 3 is 2.53 bits per heavy atom. The molecule has 1 saturated heterocycles. The van der Waals surface area contributed by atoms with Crippen LogP contribution in [0.15, 0.2) is 48.5 Å². The normalized spacial score (nSPS) is 17.6. The van der Waals surface area contributed by atoms with Crippen LogP contribution in [0.4, 0.5) is 0 Å². The second-order valence-electron chi connectivity index (χ2n) is 7.77. The highest BCUT2D eigenvalue weighted by molar-refractivity contribution is 5.92. The minimum absolute atomic E-state index is 0.0453. The zero-order valence-electron chi connectivity index (χ0n) is 17.4. The number of morpholine rings is 1. The summed E-state index contributed by atoms with van der Waals surface area (Å²) < 4.78 is 16.6. The third-order valence-corrected chi connectivity index (χ3v) is 5.48. The van der Waals surface area contributed by atoms with Crippen molar-refractivity contribution in [1.29, 1.82) is 0 Å². The van der Waals surface area contributed by atoms with Crippen LogP contribution in [0.5, 0.6) is 11.5 Å². The van der Waals surface area contributed by atoms with Gasteiger partial charge in [0.2, 0.25) is 5.91 Å². The van der Waals surface area contributed by atoms with Crippen LogP contribution in [0.25, 0.3) is 6.08 Å².